The van der Waals surface area contributed by atoms with Crippen LogP contribution in [0.2, 0.25) is 0 Å². The minimum atomic E-state index is -4.41. The van der Waals surface area contributed by atoms with Crippen LogP contribution in [-0.4, -0.2) is 34.4 Å². The van der Waals surface area contributed by atoms with Gasteiger partial charge in [0.15, 0.2) is 0 Å². The van der Waals surface area contributed by atoms with Gasteiger partial charge in [-0.25, -0.2) is 4.98 Å². The number of aliphatic hydroxyl groups is 1. The van der Waals surface area contributed by atoms with Gasteiger partial charge in [0.1, 0.15) is 0 Å². The molecular weight excluding hydrogens is 329 g/mol. The van der Waals surface area contributed by atoms with Gasteiger partial charge in [0.05, 0.1) is 22.9 Å². The van der Waals surface area contributed by atoms with Crippen LogP contribution < -0.4 is 5.32 Å². The third kappa shape index (κ3) is 4.60. The summed E-state index contributed by atoms with van der Waals surface area (Å²) in [5, 5.41) is 12.7. The normalized spacial score (nSPS) is 24.7. The number of carbonyl (C=O) groups excluding carboxylic acids is 1. The number of hydrogen-bond acceptors (Lipinski definition) is 4. The minimum Gasteiger partial charge on any atom is -0.396 e. The smallest absolute Gasteiger partial charge is 0.396 e. The van der Waals surface area contributed by atoms with E-state index in [0.29, 0.717) is 5.03 Å². The molecule has 8 heteroatoms. The van der Waals surface area contributed by atoms with Crippen molar-refractivity contribution in [2.75, 3.05) is 12.4 Å². The molecule has 0 saturated heterocycles. The van der Waals surface area contributed by atoms with Gasteiger partial charge in [-0.15, -0.1) is 0 Å². The van der Waals surface area contributed by atoms with E-state index in [0.717, 1.165) is 43.3 Å². The van der Waals surface area contributed by atoms with E-state index in [2.05, 4.69) is 10.3 Å². The lowest BCUT2D eigenvalue weighted by Crippen LogP contribution is -2.45. The number of alkyl halides is 3. The Bertz CT molecular complexity index is 551. The highest BCUT2D eigenvalue weighted by Crippen LogP contribution is 2.37. The lowest BCUT2D eigenvalue weighted by Gasteiger charge is -2.30. The number of nitrogens with one attached hydrogen (secondary N) is 1. The molecule has 1 aliphatic rings. The molecule has 128 valence electrons. The molecule has 1 amide bonds. The molecule has 2 N–H and O–H groups in total. The number of rotatable bonds is 5. The summed E-state index contributed by atoms with van der Waals surface area (Å²) in [5.74, 6) is -0.126. The van der Waals surface area contributed by atoms with Gasteiger partial charge in [-0.1, -0.05) is 25.1 Å². The fourth-order valence-corrected chi connectivity index (χ4v) is 3.33. The van der Waals surface area contributed by atoms with E-state index in [1.54, 1.807) is 0 Å². The summed E-state index contributed by atoms with van der Waals surface area (Å²) >= 11 is 1.09. The first-order valence-electron chi connectivity index (χ1n) is 7.31. The van der Waals surface area contributed by atoms with Crippen molar-refractivity contribution >= 4 is 17.7 Å². The quantitative estimate of drug-likeness (QED) is 0.804. The highest BCUT2D eigenvalue weighted by Gasteiger charge is 2.39. The summed E-state index contributed by atoms with van der Waals surface area (Å²) in [4.78, 5) is 15.7. The number of hydrogen-bond donors (Lipinski definition) is 2. The van der Waals surface area contributed by atoms with Crippen LogP contribution in [0.5, 0.6) is 0 Å². The third-order valence-electron chi connectivity index (χ3n) is 4.19. The van der Waals surface area contributed by atoms with E-state index in [1.807, 2.05) is 6.92 Å². The Balaban J connectivity index is 1.85. The van der Waals surface area contributed by atoms with Crippen LogP contribution >= 0.6 is 11.8 Å². The van der Waals surface area contributed by atoms with Crippen LogP contribution in [0.25, 0.3) is 0 Å². The molecule has 1 aromatic heterocycles. The van der Waals surface area contributed by atoms with Gasteiger partial charge in [0, 0.05) is 17.7 Å². The molecule has 1 heterocycles. The molecule has 0 aliphatic heterocycles. The molecule has 1 aromatic rings. The molecule has 2 rings (SSSR count). The van der Waals surface area contributed by atoms with E-state index < -0.39 is 11.7 Å². The molecule has 0 aromatic carbocycles. The Hall–Kier alpha value is -1.28. The van der Waals surface area contributed by atoms with Gasteiger partial charge in [0.25, 0.3) is 0 Å². The number of aromatic nitrogens is 1. The predicted molar refractivity (Wildman–Crippen MR) is 80.9 cm³/mol. The average Bonchev–Trinajstić information content (AvgIpc) is 2.86. The van der Waals surface area contributed by atoms with Crippen molar-refractivity contribution in [1.29, 1.82) is 0 Å². The number of thioether (sulfide) groups is 1. The summed E-state index contributed by atoms with van der Waals surface area (Å²) in [6.07, 6.45) is -1.01. The van der Waals surface area contributed by atoms with Crippen molar-refractivity contribution < 1.29 is 23.1 Å². The average molecular weight is 348 g/mol. The number of pyridine rings is 1. The van der Waals surface area contributed by atoms with Crippen molar-refractivity contribution in [3.05, 3.63) is 23.9 Å². The standard InChI is InChI=1S/C15H19F3N2O2S/c1-14(9-21)6-2-3-11(14)20-12(22)8-23-13-5-4-10(7-19-13)15(16,17)18/h4-5,7,11,21H,2-3,6,8-9H2,1H3,(H,20,22). The fourth-order valence-electron chi connectivity index (χ4n) is 2.68. The largest absolute Gasteiger partial charge is 0.417 e. The van der Waals surface area contributed by atoms with Crippen molar-refractivity contribution in [2.24, 2.45) is 5.41 Å². The lowest BCUT2D eigenvalue weighted by atomic mass is 9.86. The highest BCUT2D eigenvalue weighted by molar-refractivity contribution is 7.99. The van der Waals surface area contributed by atoms with Gasteiger partial charge in [-0.3, -0.25) is 4.79 Å². The van der Waals surface area contributed by atoms with Gasteiger partial charge in [-0.2, -0.15) is 13.2 Å². The molecule has 1 aliphatic carbocycles. The Kier molecular flexibility index (Phi) is 5.57. The van der Waals surface area contributed by atoms with Gasteiger partial charge < -0.3 is 10.4 Å². The van der Waals surface area contributed by atoms with Crippen molar-refractivity contribution in [1.82, 2.24) is 10.3 Å². The van der Waals surface area contributed by atoms with Crippen molar-refractivity contribution in [3.8, 4) is 0 Å². The number of nitrogens with zero attached hydrogens (tertiary/aromatic N) is 1. The summed E-state index contributed by atoms with van der Waals surface area (Å²) in [5.41, 5.74) is -1.11. The van der Waals surface area contributed by atoms with Crippen molar-refractivity contribution in [2.45, 2.75) is 43.4 Å². The number of halogens is 3. The lowest BCUT2D eigenvalue weighted by molar-refractivity contribution is -0.137. The molecule has 23 heavy (non-hydrogen) atoms. The predicted octanol–water partition coefficient (Wildman–Crippen LogP) is 2.86. The molecule has 2 unspecified atom stereocenters. The zero-order chi connectivity index (χ0) is 17.1. The van der Waals surface area contributed by atoms with E-state index in [4.69, 9.17) is 0 Å². The van der Waals surface area contributed by atoms with E-state index >= 15 is 0 Å². The molecule has 0 spiro atoms. The zero-order valence-electron chi connectivity index (χ0n) is 12.7. The Labute approximate surface area is 136 Å². The van der Waals surface area contributed by atoms with Crippen molar-refractivity contribution in [3.63, 3.8) is 0 Å². The van der Waals surface area contributed by atoms with Crippen LogP contribution in [0.3, 0.4) is 0 Å². The van der Waals surface area contributed by atoms with Crippen LogP contribution in [0.15, 0.2) is 23.4 Å². The number of amides is 1. The summed E-state index contributed by atoms with van der Waals surface area (Å²) < 4.78 is 37.3. The topological polar surface area (TPSA) is 62.2 Å². The summed E-state index contributed by atoms with van der Waals surface area (Å²) in [6.45, 7) is 1.96. The van der Waals surface area contributed by atoms with Crippen LogP contribution in [0.4, 0.5) is 13.2 Å². The van der Waals surface area contributed by atoms with Crippen LogP contribution in [-0.2, 0) is 11.0 Å². The molecule has 4 nitrogen and oxygen atoms in total. The maximum Gasteiger partial charge on any atom is 0.417 e. The maximum absolute atomic E-state index is 12.4. The Morgan fingerprint density at radius 2 is 2.26 bits per heavy atom. The van der Waals surface area contributed by atoms with Gasteiger partial charge in [0.2, 0.25) is 5.91 Å². The maximum atomic E-state index is 12.4. The van der Waals surface area contributed by atoms with Gasteiger partial charge >= 0.3 is 6.18 Å². The molecule has 2 atom stereocenters. The fraction of sp³-hybridized carbons (Fsp3) is 0.600. The molecule has 0 radical (unpaired) electrons. The molecule has 1 saturated carbocycles. The monoisotopic (exact) mass is 348 g/mol. The molecule has 1 fully saturated rings. The number of aliphatic hydroxyl groups excluding tert-OH is 1. The first-order chi connectivity index (χ1) is 10.7. The van der Waals surface area contributed by atoms with E-state index in [-0.39, 0.29) is 29.7 Å². The second kappa shape index (κ2) is 7.09. The highest BCUT2D eigenvalue weighted by atomic mass is 32.2. The SMILES string of the molecule is CC1(CO)CCCC1NC(=O)CSc1ccc(C(F)(F)F)cn1. The Morgan fingerprint density at radius 1 is 1.52 bits per heavy atom. The van der Waals surface area contributed by atoms with E-state index in [1.165, 1.54) is 6.07 Å². The molecule has 0 bridgehead atoms. The summed E-state index contributed by atoms with van der Waals surface area (Å²) in [6, 6.07) is 2.14. The minimum absolute atomic E-state index is 0.0194. The number of carbonyl (C=O) groups is 1. The van der Waals surface area contributed by atoms with E-state index in [9.17, 15) is 23.1 Å². The second-order valence-corrected chi connectivity index (χ2v) is 6.99. The van der Waals surface area contributed by atoms with Crippen LogP contribution in [0.1, 0.15) is 31.7 Å². The first kappa shape index (κ1) is 18.1. The summed E-state index contributed by atoms with van der Waals surface area (Å²) in [7, 11) is 0. The zero-order valence-corrected chi connectivity index (χ0v) is 13.5. The third-order valence-corrected chi connectivity index (χ3v) is 5.14. The van der Waals surface area contributed by atoms with Crippen LogP contribution in [0, 0.1) is 5.41 Å². The Morgan fingerprint density at radius 3 is 2.83 bits per heavy atom. The van der Waals surface area contributed by atoms with Gasteiger partial charge in [-0.05, 0) is 25.0 Å². The first-order valence-corrected chi connectivity index (χ1v) is 8.29. The second-order valence-electron chi connectivity index (χ2n) is 6.00. The molecular formula is C15H19F3N2O2S.